The highest BCUT2D eigenvalue weighted by molar-refractivity contribution is 7.13. The number of hydrogen-bond acceptors (Lipinski definition) is 6. The van der Waals surface area contributed by atoms with Gasteiger partial charge in [-0.25, -0.2) is 4.98 Å². The minimum Gasteiger partial charge on any atom is -0.497 e. The van der Waals surface area contributed by atoms with E-state index in [1.807, 2.05) is 24.3 Å². The molecule has 7 heteroatoms. The van der Waals surface area contributed by atoms with Crippen LogP contribution in [-0.4, -0.2) is 36.3 Å². The van der Waals surface area contributed by atoms with Gasteiger partial charge in [0.2, 0.25) is 0 Å². The quantitative estimate of drug-likeness (QED) is 0.728. The lowest BCUT2D eigenvalue weighted by atomic mass is 10.3. The molecule has 0 fully saturated rings. The molecule has 0 unspecified atom stereocenters. The number of carboxylic acids is 1. The van der Waals surface area contributed by atoms with Gasteiger partial charge in [-0.2, -0.15) is 0 Å². The fourth-order valence-electron chi connectivity index (χ4n) is 1.64. The standard InChI is InChI=1S/C14H16N2O4S/c1-19-11-3-2-4-12(8-11)20-6-5-15-14-16-10(9-21-14)7-13(17)18/h2-4,8-9H,5-7H2,1H3,(H,15,16)(H,17,18). The molecule has 0 aliphatic rings. The second-order valence-corrected chi connectivity index (χ2v) is 5.03. The van der Waals surface area contributed by atoms with E-state index >= 15 is 0 Å². The molecule has 0 atom stereocenters. The average molecular weight is 308 g/mol. The van der Waals surface area contributed by atoms with E-state index in [4.69, 9.17) is 14.6 Å². The number of hydrogen-bond donors (Lipinski definition) is 2. The molecule has 1 heterocycles. The molecule has 0 radical (unpaired) electrons. The number of carbonyl (C=O) groups is 1. The number of benzene rings is 1. The van der Waals surface area contributed by atoms with Crippen LogP contribution in [0.5, 0.6) is 11.5 Å². The minimum atomic E-state index is -0.881. The van der Waals surface area contributed by atoms with Crippen molar-refractivity contribution in [3.05, 3.63) is 35.3 Å². The predicted octanol–water partition coefficient (Wildman–Crippen LogP) is 2.27. The monoisotopic (exact) mass is 308 g/mol. The number of aromatic nitrogens is 1. The molecular formula is C14H16N2O4S. The Balaban J connectivity index is 1.74. The number of thiazole rings is 1. The van der Waals surface area contributed by atoms with E-state index < -0.39 is 5.97 Å². The summed E-state index contributed by atoms with van der Waals surface area (Å²) in [5.74, 6) is 0.605. The van der Waals surface area contributed by atoms with Crippen LogP contribution in [-0.2, 0) is 11.2 Å². The van der Waals surface area contributed by atoms with Gasteiger partial charge in [-0.15, -0.1) is 11.3 Å². The summed E-state index contributed by atoms with van der Waals surface area (Å²) < 4.78 is 10.7. The van der Waals surface area contributed by atoms with Gasteiger partial charge >= 0.3 is 5.97 Å². The Labute approximate surface area is 126 Å². The number of carboxylic acid groups (broad SMARTS) is 1. The fourth-order valence-corrected chi connectivity index (χ4v) is 2.38. The van der Waals surface area contributed by atoms with Gasteiger partial charge < -0.3 is 19.9 Å². The topological polar surface area (TPSA) is 80.7 Å². The highest BCUT2D eigenvalue weighted by atomic mass is 32.1. The molecule has 112 valence electrons. The Bertz CT molecular complexity index is 600. The number of rotatable bonds is 8. The van der Waals surface area contributed by atoms with Crippen molar-refractivity contribution >= 4 is 22.4 Å². The van der Waals surface area contributed by atoms with Crippen molar-refractivity contribution in [2.75, 3.05) is 25.6 Å². The van der Waals surface area contributed by atoms with Crippen molar-refractivity contribution in [3.8, 4) is 11.5 Å². The van der Waals surface area contributed by atoms with E-state index in [1.54, 1.807) is 12.5 Å². The maximum atomic E-state index is 10.6. The molecule has 0 amide bonds. The second-order valence-electron chi connectivity index (χ2n) is 4.17. The van der Waals surface area contributed by atoms with Gasteiger partial charge in [-0.3, -0.25) is 4.79 Å². The van der Waals surface area contributed by atoms with Crippen molar-refractivity contribution in [1.29, 1.82) is 0 Å². The zero-order valence-corrected chi connectivity index (χ0v) is 12.4. The van der Waals surface area contributed by atoms with Crippen LogP contribution in [0.1, 0.15) is 5.69 Å². The lowest BCUT2D eigenvalue weighted by molar-refractivity contribution is -0.136. The number of anilines is 1. The zero-order valence-electron chi connectivity index (χ0n) is 11.5. The van der Waals surface area contributed by atoms with Crippen LogP contribution < -0.4 is 14.8 Å². The SMILES string of the molecule is COc1cccc(OCCNc2nc(CC(=O)O)cs2)c1. The fraction of sp³-hybridized carbons (Fsp3) is 0.286. The molecule has 6 nitrogen and oxygen atoms in total. The Morgan fingerprint density at radius 2 is 2.24 bits per heavy atom. The first-order valence-electron chi connectivity index (χ1n) is 6.34. The number of nitrogens with zero attached hydrogens (tertiary/aromatic N) is 1. The first-order valence-corrected chi connectivity index (χ1v) is 7.22. The van der Waals surface area contributed by atoms with Gasteiger partial charge in [0.15, 0.2) is 5.13 Å². The molecule has 21 heavy (non-hydrogen) atoms. The van der Waals surface area contributed by atoms with Gasteiger partial charge in [0.05, 0.1) is 25.8 Å². The van der Waals surface area contributed by atoms with Crippen molar-refractivity contribution in [2.45, 2.75) is 6.42 Å². The molecule has 1 aromatic heterocycles. The lowest BCUT2D eigenvalue weighted by Gasteiger charge is -2.08. The molecule has 1 aromatic carbocycles. The van der Waals surface area contributed by atoms with Crippen LogP contribution in [0.3, 0.4) is 0 Å². The molecule has 0 saturated carbocycles. The largest absolute Gasteiger partial charge is 0.497 e. The van der Waals surface area contributed by atoms with E-state index in [0.717, 1.165) is 11.5 Å². The molecule has 2 aromatic rings. The smallest absolute Gasteiger partial charge is 0.309 e. The zero-order chi connectivity index (χ0) is 15.1. The van der Waals surface area contributed by atoms with Gasteiger partial charge in [-0.1, -0.05) is 6.07 Å². The molecule has 2 rings (SSSR count). The van der Waals surface area contributed by atoms with E-state index in [2.05, 4.69) is 10.3 Å². The Morgan fingerprint density at radius 1 is 1.43 bits per heavy atom. The Kier molecular flexibility index (Phi) is 5.39. The average Bonchev–Trinajstić information content (AvgIpc) is 2.90. The third-order valence-electron chi connectivity index (χ3n) is 2.57. The Hall–Kier alpha value is -2.28. The third kappa shape index (κ3) is 4.96. The number of ether oxygens (including phenoxy) is 2. The summed E-state index contributed by atoms with van der Waals surface area (Å²) in [6.07, 6.45) is -0.0571. The van der Waals surface area contributed by atoms with Crippen molar-refractivity contribution < 1.29 is 19.4 Å². The van der Waals surface area contributed by atoms with Crippen LogP contribution in [0, 0.1) is 0 Å². The van der Waals surface area contributed by atoms with Crippen LogP contribution in [0.25, 0.3) is 0 Å². The van der Waals surface area contributed by atoms with Gasteiger partial charge in [0.25, 0.3) is 0 Å². The van der Waals surface area contributed by atoms with E-state index in [9.17, 15) is 4.79 Å². The van der Waals surface area contributed by atoms with Gasteiger partial charge in [-0.05, 0) is 12.1 Å². The van der Waals surface area contributed by atoms with Gasteiger partial charge in [0.1, 0.15) is 18.1 Å². The van der Waals surface area contributed by atoms with Crippen molar-refractivity contribution in [1.82, 2.24) is 4.98 Å². The predicted molar refractivity (Wildman–Crippen MR) is 80.4 cm³/mol. The van der Waals surface area contributed by atoms with Crippen LogP contribution >= 0.6 is 11.3 Å². The van der Waals surface area contributed by atoms with Crippen LogP contribution in [0.4, 0.5) is 5.13 Å². The summed E-state index contributed by atoms with van der Waals surface area (Å²) in [5, 5.41) is 14.2. The third-order valence-corrected chi connectivity index (χ3v) is 3.42. The number of methoxy groups -OCH3 is 1. The van der Waals surface area contributed by atoms with Gasteiger partial charge in [0, 0.05) is 11.4 Å². The summed E-state index contributed by atoms with van der Waals surface area (Å²) in [6.45, 7) is 1.05. The van der Waals surface area contributed by atoms with Crippen LogP contribution in [0.2, 0.25) is 0 Å². The highest BCUT2D eigenvalue weighted by Gasteiger charge is 2.05. The second kappa shape index (κ2) is 7.49. The first kappa shape index (κ1) is 15.1. The van der Waals surface area contributed by atoms with E-state index in [1.165, 1.54) is 11.3 Å². The number of aliphatic carboxylic acids is 1. The summed E-state index contributed by atoms with van der Waals surface area (Å²) >= 11 is 1.38. The molecule has 0 spiro atoms. The summed E-state index contributed by atoms with van der Waals surface area (Å²) in [6, 6.07) is 7.39. The van der Waals surface area contributed by atoms with Crippen LogP contribution in [0.15, 0.2) is 29.6 Å². The molecule has 0 bridgehead atoms. The highest BCUT2D eigenvalue weighted by Crippen LogP contribution is 2.19. The lowest BCUT2D eigenvalue weighted by Crippen LogP contribution is -2.11. The summed E-state index contributed by atoms with van der Waals surface area (Å²) in [7, 11) is 1.61. The van der Waals surface area contributed by atoms with E-state index in [-0.39, 0.29) is 6.42 Å². The summed E-state index contributed by atoms with van der Waals surface area (Å²) in [4.78, 5) is 14.7. The summed E-state index contributed by atoms with van der Waals surface area (Å²) in [5.41, 5.74) is 0.559. The molecular weight excluding hydrogens is 292 g/mol. The maximum Gasteiger partial charge on any atom is 0.309 e. The Morgan fingerprint density at radius 3 is 3.00 bits per heavy atom. The normalized spacial score (nSPS) is 10.1. The van der Waals surface area contributed by atoms with Crippen molar-refractivity contribution in [2.24, 2.45) is 0 Å². The van der Waals surface area contributed by atoms with E-state index in [0.29, 0.717) is 24.0 Å². The molecule has 0 aliphatic heterocycles. The first-order chi connectivity index (χ1) is 10.2. The van der Waals surface area contributed by atoms with Crippen molar-refractivity contribution in [3.63, 3.8) is 0 Å². The maximum absolute atomic E-state index is 10.6. The minimum absolute atomic E-state index is 0.0571. The number of nitrogens with one attached hydrogen (secondary N) is 1. The molecule has 2 N–H and O–H groups in total. The molecule has 0 saturated heterocycles. The molecule has 0 aliphatic carbocycles.